The molecule has 0 bridgehead atoms. The lowest BCUT2D eigenvalue weighted by molar-refractivity contribution is -0.136. The summed E-state index contributed by atoms with van der Waals surface area (Å²) in [6, 6.07) is 15.3. The topological polar surface area (TPSA) is 76.4 Å². The van der Waals surface area contributed by atoms with E-state index in [1.54, 1.807) is 42.5 Å². The molecular formula is C17H15NO4S. The van der Waals surface area contributed by atoms with E-state index in [9.17, 15) is 13.2 Å². The summed E-state index contributed by atoms with van der Waals surface area (Å²) in [6.07, 6.45) is 1.77. The highest BCUT2D eigenvalue weighted by Crippen LogP contribution is 2.26. The van der Waals surface area contributed by atoms with Crippen molar-refractivity contribution in [1.82, 2.24) is 3.97 Å². The Bertz CT molecular complexity index is 959. The van der Waals surface area contributed by atoms with Gasteiger partial charge in [0.1, 0.15) is 0 Å². The van der Waals surface area contributed by atoms with Gasteiger partial charge >= 0.3 is 5.97 Å². The Morgan fingerprint density at radius 2 is 1.65 bits per heavy atom. The van der Waals surface area contributed by atoms with Crippen molar-refractivity contribution in [1.29, 1.82) is 0 Å². The summed E-state index contributed by atoms with van der Waals surface area (Å²) in [5.41, 5.74) is 1.26. The molecule has 5 nitrogen and oxygen atoms in total. The average Bonchev–Trinajstić information content (AvgIpc) is 2.93. The molecule has 0 unspecified atom stereocenters. The van der Waals surface area contributed by atoms with Crippen LogP contribution in [0.25, 0.3) is 10.9 Å². The van der Waals surface area contributed by atoms with Gasteiger partial charge in [0.05, 0.1) is 10.4 Å². The lowest BCUT2D eigenvalue weighted by Crippen LogP contribution is -2.11. The number of hydrogen-bond acceptors (Lipinski definition) is 3. The van der Waals surface area contributed by atoms with E-state index in [2.05, 4.69) is 0 Å². The maximum absolute atomic E-state index is 12.8. The molecule has 3 rings (SSSR count). The standard InChI is InChI=1S/C17H15NO4S/c19-17(20)11-10-13-12-18(16-9-5-4-8-15(13)16)23(21,22)14-6-2-1-3-7-14/h1-9,12H,10-11H2,(H,19,20). The maximum Gasteiger partial charge on any atom is 0.303 e. The van der Waals surface area contributed by atoms with Crippen LogP contribution in [0.2, 0.25) is 0 Å². The van der Waals surface area contributed by atoms with Gasteiger partial charge in [-0.2, -0.15) is 0 Å². The Hall–Kier alpha value is -2.60. The highest BCUT2D eigenvalue weighted by molar-refractivity contribution is 7.90. The van der Waals surface area contributed by atoms with E-state index in [-0.39, 0.29) is 17.7 Å². The molecule has 0 radical (unpaired) electrons. The van der Waals surface area contributed by atoms with Gasteiger partial charge in [0.15, 0.2) is 0 Å². The molecule has 0 spiro atoms. The molecule has 0 saturated heterocycles. The highest BCUT2D eigenvalue weighted by atomic mass is 32.2. The van der Waals surface area contributed by atoms with Crippen LogP contribution in [0, 0.1) is 0 Å². The fourth-order valence-corrected chi connectivity index (χ4v) is 3.98. The number of aromatic nitrogens is 1. The molecule has 23 heavy (non-hydrogen) atoms. The van der Waals surface area contributed by atoms with Gasteiger partial charge in [-0.25, -0.2) is 12.4 Å². The summed E-state index contributed by atoms with van der Waals surface area (Å²) in [7, 11) is -3.71. The van der Waals surface area contributed by atoms with Crippen LogP contribution < -0.4 is 0 Å². The second-order valence-electron chi connectivity index (χ2n) is 5.18. The minimum absolute atomic E-state index is 0.0423. The number of aryl methyl sites for hydroxylation is 1. The molecule has 0 atom stereocenters. The molecule has 0 aliphatic carbocycles. The van der Waals surface area contributed by atoms with Crippen molar-refractivity contribution in [2.24, 2.45) is 0 Å². The first-order chi connectivity index (χ1) is 11.0. The second kappa shape index (κ2) is 5.89. The highest BCUT2D eigenvalue weighted by Gasteiger charge is 2.20. The number of para-hydroxylation sites is 1. The third kappa shape index (κ3) is 2.85. The summed E-state index contributed by atoms with van der Waals surface area (Å²) in [5, 5.41) is 9.62. The summed E-state index contributed by atoms with van der Waals surface area (Å²) >= 11 is 0. The van der Waals surface area contributed by atoms with Gasteiger partial charge < -0.3 is 5.11 Å². The summed E-state index contributed by atoms with van der Waals surface area (Å²) in [5.74, 6) is -0.909. The van der Waals surface area contributed by atoms with Crippen molar-refractivity contribution in [3.05, 3.63) is 66.4 Å². The van der Waals surface area contributed by atoms with Gasteiger partial charge in [0.25, 0.3) is 10.0 Å². The Morgan fingerprint density at radius 3 is 2.35 bits per heavy atom. The molecule has 118 valence electrons. The zero-order valence-electron chi connectivity index (χ0n) is 12.2. The Kier molecular flexibility index (Phi) is 3.92. The first-order valence-corrected chi connectivity index (χ1v) is 8.55. The molecule has 0 aliphatic rings. The summed E-state index contributed by atoms with van der Waals surface area (Å²) in [6.45, 7) is 0. The number of nitrogens with zero attached hydrogens (tertiary/aromatic N) is 1. The Morgan fingerprint density at radius 1 is 1.00 bits per heavy atom. The number of fused-ring (bicyclic) bond motifs is 1. The van der Waals surface area contributed by atoms with Crippen LogP contribution in [-0.4, -0.2) is 23.5 Å². The quantitative estimate of drug-likeness (QED) is 0.781. The second-order valence-corrected chi connectivity index (χ2v) is 6.99. The van der Waals surface area contributed by atoms with Gasteiger partial charge in [-0.3, -0.25) is 4.79 Å². The van der Waals surface area contributed by atoms with E-state index in [4.69, 9.17) is 5.11 Å². The number of carbonyl (C=O) groups is 1. The summed E-state index contributed by atoms with van der Waals surface area (Å²) < 4.78 is 26.9. The third-order valence-corrected chi connectivity index (χ3v) is 5.36. The number of rotatable bonds is 5. The van der Waals surface area contributed by atoms with Crippen LogP contribution in [0.5, 0.6) is 0 Å². The SMILES string of the molecule is O=C(O)CCc1cn(S(=O)(=O)c2ccccc2)c2ccccc12. The predicted octanol–water partition coefficient (Wildman–Crippen LogP) is 2.90. The van der Waals surface area contributed by atoms with Gasteiger partial charge in [0, 0.05) is 18.0 Å². The van der Waals surface area contributed by atoms with Crippen molar-refractivity contribution < 1.29 is 18.3 Å². The fourth-order valence-electron chi connectivity index (χ4n) is 2.56. The van der Waals surface area contributed by atoms with E-state index in [0.717, 1.165) is 5.39 Å². The Labute approximate surface area is 133 Å². The lowest BCUT2D eigenvalue weighted by atomic mass is 10.1. The van der Waals surface area contributed by atoms with Crippen LogP contribution in [-0.2, 0) is 21.2 Å². The van der Waals surface area contributed by atoms with E-state index in [1.807, 2.05) is 12.1 Å². The summed E-state index contributed by atoms with van der Waals surface area (Å²) in [4.78, 5) is 11.0. The molecule has 1 heterocycles. The van der Waals surface area contributed by atoms with Crippen LogP contribution >= 0.6 is 0 Å². The molecule has 0 fully saturated rings. The number of carboxylic acid groups (broad SMARTS) is 1. The van der Waals surface area contributed by atoms with Gasteiger partial charge in [-0.15, -0.1) is 0 Å². The van der Waals surface area contributed by atoms with Crippen LogP contribution in [0.15, 0.2) is 65.7 Å². The Balaban J connectivity index is 2.17. The van der Waals surface area contributed by atoms with Crippen molar-refractivity contribution >= 4 is 26.9 Å². The smallest absolute Gasteiger partial charge is 0.303 e. The average molecular weight is 329 g/mol. The normalized spacial score (nSPS) is 11.7. The number of benzene rings is 2. The van der Waals surface area contributed by atoms with Crippen molar-refractivity contribution in [2.75, 3.05) is 0 Å². The lowest BCUT2D eigenvalue weighted by Gasteiger charge is -2.07. The third-order valence-electron chi connectivity index (χ3n) is 3.67. The molecule has 6 heteroatoms. The molecule has 0 aliphatic heterocycles. The van der Waals surface area contributed by atoms with Crippen molar-refractivity contribution in [2.45, 2.75) is 17.7 Å². The van der Waals surface area contributed by atoms with E-state index < -0.39 is 16.0 Å². The van der Waals surface area contributed by atoms with E-state index >= 15 is 0 Å². The van der Waals surface area contributed by atoms with E-state index in [1.165, 1.54) is 10.2 Å². The van der Waals surface area contributed by atoms with Gasteiger partial charge in [0.2, 0.25) is 0 Å². The van der Waals surface area contributed by atoms with Crippen molar-refractivity contribution in [3.63, 3.8) is 0 Å². The van der Waals surface area contributed by atoms with Crippen LogP contribution in [0.4, 0.5) is 0 Å². The van der Waals surface area contributed by atoms with Crippen molar-refractivity contribution in [3.8, 4) is 0 Å². The number of aliphatic carboxylic acids is 1. The minimum Gasteiger partial charge on any atom is -0.481 e. The van der Waals surface area contributed by atoms with Gasteiger partial charge in [-0.1, -0.05) is 36.4 Å². The molecule has 2 aromatic carbocycles. The monoisotopic (exact) mass is 329 g/mol. The molecule has 1 N–H and O–H groups in total. The first-order valence-electron chi connectivity index (χ1n) is 7.11. The van der Waals surface area contributed by atoms with E-state index in [0.29, 0.717) is 11.1 Å². The first kappa shape index (κ1) is 15.3. The van der Waals surface area contributed by atoms with Crippen LogP contribution in [0.3, 0.4) is 0 Å². The van der Waals surface area contributed by atoms with Gasteiger partial charge in [-0.05, 0) is 30.2 Å². The molecular weight excluding hydrogens is 314 g/mol. The minimum atomic E-state index is -3.71. The van der Waals surface area contributed by atoms with Crippen LogP contribution in [0.1, 0.15) is 12.0 Å². The number of carboxylic acids is 1. The molecule has 1 aromatic heterocycles. The molecule has 0 amide bonds. The zero-order valence-corrected chi connectivity index (χ0v) is 13.0. The molecule has 3 aromatic rings. The predicted molar refractivity (Wildman–Crippen MR) is 86.9 cm³/mol. The largest absolute Gasteiger partial charge is 0.481 e. The molecule has 0 saturated carbocycles. The fraction of sp³-hybridized carbons (Fsp3) is 0.118. The zero-order chi connectivity index (χ0) is 16.4. The number of hydrogen-bond donors (Lipinski definition) is 1. The maximum atomic E-state index is 12.8.